The first-order valence-electron chi connectivity index (χ1n) is 18.8. The fourth-order valence-corrected chi connectivity index (χ4v) is 6.24. The molecule has 0 unspecified atom stereocenters. The van der Waals surface area contributed by atoms with Crippen molar-refractivity contribution >= 4 is 0 Å². The van der Waals surface area contributed by atoms with Gasteiger partial charge < -0.3 is 10.6 Å². The number of quaternary nitrogens is 2. The lowest BCUT2D eigenvalue weighted by atomic mass is 9.87. The molecule has 0 fully saturated rings. The zero-order valence-corrected chi connectivity index (χ0v) is 31.2. The number of hydrogen-bond acceptors (Lipinski definition) is 0. The molecule has 4 aromatic rings. The van der Waals surface area contributed by atoms with E-state index >= 15 is 0 Å². The number of rotatable bonds is 19. The van der Waals surface area contributed by atoms with E-state index in [2.05, 4.69) is 159 Å². The summed E-state index contributed by atoms with van der Waals surface area (Å²) >= 11 is 0. The van der Waals surface area contributed by atoms with Crippen molar-refractivity contribution in [1.82, 2.24) is 0 Å². The fraction of sp³-hybridized carbons (Fsp3) is 0.500. The van der Waals surface area contributed by atoms with Crippen molar-refractivity contribution in [2.75, 3.05) is 13.1 Å². The van der Waals surface area contributed by atoms with E-state index in [1.165, 1.54) is 85.0 Å². The summed E-state index contributed by atoms with van der Waals surface area (Å²) in [6.45, 7) is 20.4. The van der Waals surface area contributed by atoms with Gasteiger partial charge in [-0.25, -0.2) is 9.13 Å². The lowest BCUT2D eigenvalue weighted by molar-refractivity contribution is -0.698. The van der Waals surface area contributed by atoms with Crippen LogP contribution in [0.15, 0.2) is 97.6 Å². The standard InChI is InChI=1S/C44H64N4/c1-43(2,3)41-19-15-39(16-20-41)35-45-27-9-7-11-29-47-31-23-37(24-32-47)13-14-38-25-33-48(34-26-38)30-12-8-10-28-46-36-40-17-21-42(22-18-40)44(4,5)6/h15-26,31-34,45-46H,7-14,27-30,35-36H2,1-6H3/q+2/p+2. The highest BCUT2D eigenvalue weighted by molar-refractivity contribution is 5.28. The maximum Gasteiger partial charge on any atom is 0.169 e. The van der Waals surface area contributed by atoms with E-state index in [-0.39, 0.29) is 10.8 Å². The lowest BCUT2D eigenvalue weighted by Gasteiger charge is -2.18. The summed E-state index contributed by atoms with van der Waals surface area (Å²) in [7, 11) is 0. The third-order valence-electron chi connectivity index (χ3n) is 9.67. The van der Waals surface area contributed by atoms with Crippen LogP contribution in [-0.2, 0) is 49.9 Å². The first-order chi connectivity index (χ1) is 23.1. The highest BCUT2D eigenvalue weighted by atomic mass is 14.9. The predicted octanol–water partition coefficient (Wildman–Crippen LogP) is 6.51. The van der Waals surface area contributed by atoms with Crippen molar-refractivity contribution in [2.45, 2.75) is 130 Å². The minimum Gasteiger partial charge on any atom is -0.343 e. The first-order valence-corrected chi connectivity index (χ1v) is 18.8. The van der Waals surface area contributed by atoms with Crippen LogP contribution in [0.5, 0.6) is 0 Å². The molecule has 0 spiro atoms. The molecule has 0 radical (unpaired) electrons. The van der Waals surface area contributed by atoms with Gasteiger partial charge in [-0.05, 0) is 71.6 Å². The molecule has 0 bridgehead atoms. The van der Waals surface area contributed by atoms with Crippen LogP contribution < -0.4 is 19.8 Å². The molecule has 0 saturated carbocycles. The van der Waals surface area contributed by atoms with Gasteiger partial charge in [0.2, 0.25) is 0 Å². The van der Waals surface area contributed by atoms with E-state index in [4.69, 9.17) is 0 Å². The minimum absolute atomic E-state index is 0.230. The second-order valence-corrected chi connectivity index (χ2v) is 16.0. The molecule has 2 aromatic heterocycles. The fourth-order valence-electron chi connectivity index (χ4n) is 6.24. The van der Waals surface area contributed by atoms with E-state index in [0.717, 1.165) is 39.0 Å². The molecule has 0 atom stereocenters. The number of hydrogen-bond donors (Lipinski definition) is 2. The summed E-state index contributed by atoms with van der Waals surface area (Å²) in [5, 5.41) is 4.91. The monoisotopic (exact) mass is 651 g/mol. The van der Waals surface area contributed by atoms with Crippen molar-refractivity contribution in [3.8, 4) is 0 Å². The molecule has 4 nitrogen and oxygen atoms in total. The quantitative estimate of drug-likeness (QED) is 0.0859. The molecule has 2 aromatic carbocycles. The van der Waals surface area contributed by atoms with Gasteiger partial charge in [-0.1, -0.05) is 90.1 Å². The van der Waals surface area contributed by atoms with Crippen molar-refractivity contribution in [3.63, 3.8) is 0 Å². The largest absolute Gasteiger partial charge is 0.343 e. The summed E-state index contributed by atoms with van der Waals surface area (Å²) in [6.07, 6.45) is 18.9. The van der Waals surface area contributed by atoms with Gasteiger partial charge in [0, 0.05) is 48.2 Å². The third-order valence-corrected chi connectivity index (χ3v) is 9.67. The minimum atomic E-state index is 0.230. The van der Waals surface area contributed by atoms with Crippen LogP contribution in [0.4, 0.5) is 0 Å². The molecule has 0 aliphatic rings. The Kier molecular flexibility index (Phi) is 14.8. The Labute approximate surface area is 293 Å². The molecule has 0 saturated heterocycles. The number of pyridine rings is 2. The maximum absolute atomic E-state index is 2.46. The Morgan fingerprint density at radius 2 is 0.771 bits per heavy atom. The molecular weight excluding hydrogens is 585 g/mol. The number of aryl methyl sites for hydroxylation is 4. The van der Waals surface area contributed by atoms with Crippen molar-refractivity contribution < 1.29 is 19.8 Å². The molecule has 4 heteroatoms. The molecule has 48 heavy (non-hydrogen) atoms. The Morgan fingerprint density at radius 1 is 0.417 bits per heavy atom. The van der Waals surface area contributed by atoms with E-state index in [9.17, 15) is 0 Å². The summed E-state index contributed by atoms with van der Waals surface area (Å²) in [5.41, 5.74) is 8.99. The Balaban J connectivity index is 1.01. The van der Waals surface area contributed by atoms with Crippen molar-refractivity contribution in [3.05, 3.63) is 131 Å². The van der Waals surface area contributed by atoms with Gasteiger partial charge in [-0.3, -0.25) is 0 Å². The van der Waals surface area contributed by atoms with Crippen LogP contribution in [0, 0.1) is 0 Å². The number of benzene rings is 2. The molecule has 258 valence electrons. The molecule has 0 aliphatic heterocycles. The number of nitrogens with two attached hydrogens (primary N) is 2. The second kappa shape index (κ2) is 19.0. The van der Waals surface area contributed by atoms with Crippen molar-refractivity contribution in [1.29, 1.82) is 0 Å². The zero-order valence-electron chi connectivity index (χ0n) is 31.2. The average molecular weight is 651 g/mol. The second-order valence-electron chi connectivity index (χ2n) is 16.0. The third kappa shape index (κ3) is 13.6. The number of nitrogens with zero attached hydrogens (tertiary/aromatic N) is 2. The lowest BCUT2D eigenvalue weighted by Crippen LogP contribution is -2.82. The molecular formula is C44H66N4+4. The summed E-state index contributed by atoms with van der Waals surface area (Å²) in [5.74, 6) is 0. The van der Waals surface area contributed by atoms with Gasteiger partial charge in [-0.2, -0.15) is 0 Å². The van der Waals surface area contributed by atoms with Crippen LogP contribution >= 0.6 is 0 Å². The van der Waals surface area contributed by atoms with Crippen LogP contribution in [-0.4, -0.2) is 13.1 Å². The molecule has 4 rings (SSSR count). The summed E-state index contributed by atoms with van der Waals surface area (Å²) in [6, 6.07) is 27.6. The predicted molar refractivity (Wildman–Crippen MR) is 200 cm³/mol. The van der Waals surface area contributed by atoms with Crippen LogP contribution in [0.3, 0.4) is 0 Å². The SMILES string of the molecule is CC(C)(C)c1ccc(C[NH2+]CCCCC[n+]2ccc(CCc3cc[n+](CCCCC[NH2+]Cc4ccc(C(C)(C)C)cc4)cc3)cc2)cc1. The normalized spacial score (nSPS) is 12.0. The molecule has 0 aliphatic carbocycles. The van der Waals surface area contributed by atoms with E-state index in [0.29, 0.717) is 0 Å². The van der Waals surface area contributed by atoms with Gasteiger partial charge in [0.1, 0.15) is 26.2 Å². The molecule has 0 amide bonds. The highest BCUT2D eigenvalue weighted by Crippen LogP contribution is 2.23. The number of unbranched alkanes of at least 4 members (excludes halogenated alkanes) is 4. The summed E-state index contributed by atoms with van der Waals surface area (Å²) in [4.78, 5) is 0. The van der Waals surface area contributed by atoms with Gasteiger partial charge in [0.25, 0.3) is 0 Å². The number of aromatic nitrogens is 2. The van der Waals surface area contributed by atoms with E-state index in [1.54, 1.807) is 0 Å². The zero-order chi connectivity index (χ0) is 34.2. The summed E-state index contributed by atoms with van der Waals surface area (Å²) < 4.78 is 4.69. The van der Waals surface area contributed by atoms with E-state index < -0.39 is 0 Å². The van der Waals surface area contributed by atoms with Gasteiger partial charge in [0.15, 0.2) is 24.8 Å². The topological polar surface area (TPSA) is 41.0 Å². The van der Waals surface area contributed by atoms with Crippen LogP contribution in [0.25, 0.3) is 0 Å². The Bertz CT molecular complexity index is 1330. The first kappa shape index (κ1) is 37.5. The van der Waals surface area contributed by atoms with Gasteiger partial charge >= 0.3 is 0 Å². The maximum atomic E-state index is 2.46. The van der Waals surface area contributed by atoms with E-state index in [1.807, 2.05) is 0 Å². The highest BCUT2D eigenvalue weighted by Gasteiger charge is 2.14. The van der Waals surface area contributed by atoms with Gasteiger partial charge in [0.05, 0.1) is 13.1 Å². The molecule has 4 N–H and O–H groups in total. The average Bonchev–Trinajstić information content (AvgIpc) is 3.07. The smallest absolute Gasteiger partial charge is 0.169 e. The Morgan fingerprint density at radius 3 is 1.10 bits per heavy atom. The van der Waals surface area contributed by atoms with Crippen LogP contribution in [0.1, 0.15) is 113 Å². The van der Waals surface area contributed by atoms with Gasteiger partial charge in [-0.15, -0.1) is 0 Å². The van der Waals surface area contributed by atoms with Crippen molar-refractivity contribution in [2.24, 2.45) is 0 Å². The van der Waals surface area contributed by atoms with Crippen LogP contribution in [0.2, 0.25) is 0 Å². The molecule has 2 heterocycles. The Hall–Kier alpha value is -3.34.